The third-order valence-electron chi connectivity index (χ3n) is 3.74. The van der Waals surface area contributed by atoms with Gasteiger partial charge >= 0.3 is 5.69 Å². The summed E-state index contributed by atoms with van der Waals surface area (Å²) in [6, 6.07) is 4.00. The van der Waals surface area contributed by atoms with Crippen LogP contribution in [-0.2, 0) is 0 Å². The summed E-state index contributed by atoms with van der Waals surface area (Å²) in [4.78, 5) is 22.6. The SMILES string of the molecule is COc1cc(C(=O)NC(C)(CN)C(C)C)ccc1[N+](=O)[O-].Cl. The number of nitrogens with two attached hydrogens (primary N) is 1. The third kappa shape index (κ3) is 4.32. The van der Waals surface area contributed by atoms with Crippen LogP contribution in [0.15, 0.2) is 18.2 Å². The van der Waals surface area contributed by atoms with Gasteiger partial charge in [0.2, 0.25) is 0 Å². The van der Waals surface area contributed by atoms with Gasteiger partial charge in [-0.25, -0.2) is 0 Å². The van der Waals surface area contributed by atoms with Crippen molar-refractivity contribution < 1.29 is 14.5 Å². The number of nitrogens with one attached hydrogen (secondary N) is 1. The molecule has 3 N–H and O–H groups in total. The fourth-order valence-corrected chi connectivity index (χ4v) is 1.73. The van der Waals surface area contributed by atoms with Gasteiger partial charge in [-0.3, -0.25) is 14.9 Å². The normalized spacial score (nSPS) is 13.0. The number of hydrogen-bond acceptors (Lipinski definition) is 5. The van der Waals surface area contributed by atoms with Crippen molar-refractivity contribution in [3.63, 3.8) is 0 Å². The second-order valence-corrected chi connectivity index (χ2v) is 5.37. The number of carbonyl (C=O) groups is 1. The topological polar surface area (TPSA) is 107 Å². The van der Waals surface area contributed by atoms with E-state index in [9.17, 15) is 14.9 Å². The molecule has 22 heavy (non-hydrogen) atoms. The molecule has 0 spiro atoms. The zero-order valence-electron chi connectivity index (χ0n) is 13.1. The Morgan fingerprint density at radius 1 is 1.50 bits per heavy atom. The first-order valence-electron chi connectivity index (χ1n) is 6.60. The molecule has 1 atom stereocenters. The maximum atomic E-state index is 12.3. The summed E-state index contributed by atoms with van der Waals surface area (Å²) < 4.78 is 4.96. The predicted octanol–water partition coefficient (Wildman–Crippen LogP) is 2.13. The summed E-state index contributed by atoms with van der Waals surface area (Å²) in [6.45, 7) is 6.08. The monoisotopic (exact) mass is 331 g/mol. The number of carbonyl (C=O) groups excluding carboxylic acids is 1. The van der Waals surface area contributed by atoms with Gasteiger partial charge in [-0.2, -0.15) is 0 Å². The van der Waals surface area contributed by atoms with Crippen molar-refractivity contribution >= 4 is 24.0 Å². The lowest BCUT2D eigenvalue weighted by Crippen LogP contribution is -2.55. The molecular weight excluding hydrogens is 310 g/mol. The van der Waals surface area contributed by atoms with E-state index in [2.05, 4.69) is 5.32 Å². The van der Waals surface area contributed by atoms with E-state index in [0.29, 0.717) is 6.54 Å². The zero-order valence-corrected chi connectivity index (χ0v) is 13.9. The highest BCUT2D eigenvalue weighted by Gasteiger charge is 2.29. The Morgan fingerprint density at radius 3 is 2.50 bits per heavy atom. The number of amides is 1. The molecule has 1 rings (SSSR count). The molecule has 8 heteroatoms. The maximum Gasteiger partial charge on any atom is 0.310 e. The summed E-state index contributed by atoms with van der Waals surface area (Å²) in [5.41, 5.74) is 5.28. The summed E-state index contributed by atoms with van der Waals surface area (Å²) in [5, 5.41) is 13.7. The minimum Gasteiger partial charge on any atom is -0.490 e. The molecule has 0 aliphatic carbocycles. The Bertz CT molecular complexity index is 551. The van der Waals surface area contributed by atoms with Crippen molar-refractivity contribution in [2.45, 2.75) is 26.3 Å². The van der Waals surface area contributed by atoms with Crippen molar-refractivity contribution in [1.82, 2.24) is 5.32 Å². The number of benzene rings is 1. The molecule has 0 aromatic heterocycles. The van der Waals surface area contributed by atoms with Crippen LogP contribution in [0.5, 0.6) is 5.75 Å². The number of nitro groups is 1. The minimum absolute atomic E-state index is 0. The molecule has 0 heterocycles. The molecular formula is C14H22ClN3O4. The quantitative estimate of drug-likeness (QED) is 0.613. The molecule has 7 nitrogen and oxygen atoms in total. The smallest absolute Gasteiger partial charge is 0.310 e. The van der Waals surface area contributed by atoms with Crippen LogP contribution in [0.2, 0.25) is 0 Å². The van der Waals surface area contributed by atoms with Gasteiger partial charge in [-0.1, -0.05) is 13.8 Å². The Hall–Kier alpha value is -1.86. The van der Waals surface area contributed by atoms with Crippen LogP contribution in [0.3, 0.4) is 0 Å². The van der Waals surface area contributed by atoms with Gasteiger partial charge in [0.15, 0.2) is 5.75 Å². The Morgan fingerprint density at radius 2 is 2.09 bits per heavy atom. The number of nitro benzene ring substituents is 1. The third-order valence-corrected chi connectivity index (χ3v) is 3.74. The van der Waals surface area contributed by atoms with Crippen molar-refractivity contribution in [2.24, 2.45) is 11.7 Å². The first-order chi connectivity index (χ1) is 9.75. The molecule has 1 aromatic rings. The number of halogens is 1. The van der Waals surface area contributed by atoms with Gasteiger partial charge in [-0.05, 0) is 18.9 Å². The standard InChI is InChI=1S/C14H21N3O4.ClH/c1-9(2)14(3,8-15)16-13(18)10-5-6-11(17(19)20)12(7-10)21-4;/h5-7,9H,8,15H2,1-4H3,(H,16,18);1H. The zero-order chi connectivity index (χ0) is 16.2. The van der Waals surface area contributed by atoms with E-state index in [1.54, 1.807) is 0 Å². The first kappa shape index (κ1) is 20.1. The van der Waals surface area contributed by atoms with Crippen LogP contribution in [0.1, 0.15) is 31.1 Å². The molecule has 0 aliphatic rings. The lowest BCUT2D eigenvalue weighted by molar-refractivity contribution is -0.385. The maximum absolute atomic E-state index is 12.3. The van der Waals surface area contributed by atoms with E-state index in [1.165, 1.54) is 25.3 Å². The van der Waals surface area contributed by atoms with Gasteiger partial charge < -0.3 is 15.8 Å². The largest absolute Gasteiger partial charge is 0.490 e. The predicted molar refractivity (Wildman–Crippen MR) is 86.7 cm³/mol. The Kier molecular flexibility index (Phi) is 7.28. The van der Waals surface area contributed by atoms with Crippen molar-refractivity contribution in [3.05, 3.63) is 33.9 Å². The highest BCUT2D eigenvalue weighted by Crippen LogP contribution is 2.27. The van der Waals surface area contributed by atoms with E-state index in [-0.39, 0.29) is 41.2 Å². The van der Waals surface area contributed by atoms with E-state index in [0.717, 1.165) is 0 Å². The molecule has 1 unspecified atom stereocenters. The molecule has 1 amide bonds. The molecule has 0 radical (unpaired) electrons. The number of rotatable bonds is 6. The lowest BCUT2D eigenvalue weighted by Gasteiger charge is -2.33. The summed E-state index contributed by atoms with van der Waals surface area (Å²) in [7, 11) is 1.32. The minimum atomic E-state index is -0.557. The van der Waals surface area contributed by atoms with Crippen LogP contribution in [0, 0.1) is 16.0 Å². The van der Waals surface area contributed by atoms with E-state index in [1.807, 2.05) is 20.8 Å². The molecule has 0 saturated carbocycles. The summed E-state index contributed by atoms with van der Waals surface area (Å²) >= 11 is 0. The lowest BCUT2D eigenvalue weighted by atomic mass is 9.88. The molecule has 124 valence electrons. The van der Waals surface area contributed by atoms with Crippen molar-refractivity contribution in [3.8, 4) is 5.75 Å². The van der Waals surface area contributed by atoms with Crippen LogP contribution in [0.4, 0.5) is 5.69 Å². The van der Waals surface area contributed by atoms with Gasteiger partial charge in [0.1, 0.15) is 0 Å². The number of nitrogens with zero attached hydrogens (tertiary/aromatic N) is 1. The van der Waals surface area contributed by atoms with Crippen LogP contribution >= 0.6 is 12.4 Å². The van der Waals surface area contributed by atoms with Gasteiger partial charge in [-0.15, -0.1) is 12.4 Å². The van der Waals surface area contributed by atoms with Crippen LogP contribution < -0.4 is 15.8 Å². The number of methoxy groups -OCH3 is 1. The van der Waals surface area contributed by atoms with E-state index in [4.69, 9.17) is 10.5 Å². The molecule has 1 aromatic carbocycles. The summed E-state index contributed by atoms with van der Waals surface area (Å²) in [5.74, 6) is -0.150. The van der Waals surface area contributed by atoms with Crippen molar-refractivity contribution in [2.75, 3.05) is 13.7 Å². The fraction of sp³-hybridized carbons (Fsp3) is 0.500. The fourth-order valence-electron chi connectivity index (χ4n) is 1.73. The highest BCUT2D eigenvalue weighted by atomic mass is 35.5. The molecule has 0 saturated heterocycles. The van der Waals surface area contributed by atoms with Gasteiger partial charge in [0, 0.05) is 24.2 Å². The number of hydrogen-bond donors (Lipinski definition) is 2. The van der Waals surface area contributed by atoms with Gasteiger partial charge in [0.25, 0.3) is 5.91 Å². The Labute approximate surface area is 135 Å². The summed E-state index contributed by atoms with van der Waals surface area (Å²) in [6.07, 6.45) is 0. The molecule has 0 aliphatic heterocycles. The second-order valence-electron chi connectivity index (χ2n) is 5.37. The average molecular weight is 332 g/mol. The second kappa shape index (κ2) is 7.95. The first-order valence-corrected chi connectivity index (χ1v) is 6.60. The highest BCUT2D eigenvalue weighted by molar-refractivity contribution is 5.95. The average Bonchev–Trinajstić information content (AvgIpc) is 2.45. The van der Waals surface area contributed by atoms with E-state index < -0.39 is 10.5 Å². The number of ether oxygens (including phenoxy) is 1. The van der Waals surface area contributed by atoms with Crippen LogP contribution in [0.25, 0.3) is 0 Å². The Balaban J connectivity index is 0.00000441. The molecule has 0 fully saturated rings. The van der Waals surface area contributed by atoms with Crippen molar-refractivity contribution in [1.29, 1.82) is 0 Å². The van der Waals surface area contributed by atoms with E-state index >= 15 is 0 Å². The van der Waals surface area contributed by atoms with Crippen LogP contribution in [-0.4, -0.2) is 30.0 Å². The van der Waals surface area contributed by atoms with Gasteiger partial charge in [0.05, 0.1) is 17.6 Å². The molecule has 0 bridgehead atoms.